The van der Waals surface area contributed by atoms with Crippen LogP contribution in [0.4, 0.5) is 0 Å². The Balaban J connectivity index is 2.36. The summed E-state index contributed by atoms with van der Waals surface area (Å²) in [5.41, 5.74) is 1.80. The molecule has 0 radical (unpaired) electrons. The molecule has 3 aromatic rings. The summed E-state index contributed by atoms with van der Waals surface area (Å²) in [6, 6.07) is 6.87. The Morgan fingerprint density at radius 2 is 1.95 bits per heavy atom. The van der Waals surface area contributed by atoms with Crippen molar-refractivity contribution in [1.82, 2.24) is 19.5 Å². The van der Waals surface area contributed by atoms with Crippen LogP contribution in [-0.4, -0.2) is 24.7 Å². The fourth-order valence-corrected chi connectivity index (χ4v) is 1.91. The maximum atomic E-state index is 12.0. The van der Waals surface area contributed by atoms with E-state index in [1.807, 2.05) is 13.8 Å². The van der Waals surface area contributed by atoms with Crippen molar-refractivity contribution in [2.75, 3.05) is 0 Å². The molecule has 0 fully saturated rings. The zero-order chi connectivity index (χ0) is 13.6. The number of fused-ring (bicyclic) bond motifs is 1. The molecule has 6 heteroatoms. The van der Waals surface area contributed by atoms with E-state index in [0.717, 1.165) is 11.3 Å². The Bertz CT molecular complexity index is 813. The molecule has 2 heterocycles. The van der Waals surface area contributed by atoms with Gasteiger partial charge in [-0.25, -0.2) is 9.67 Å². The van der Waals surface area contributed by atoms with Gasteiger partial charge in [-0.1, -0.05) is 12.1 Å². The molecule has 0 aliphatic carbocycles. The molecule has 0 saturated carbocycles. The number of benzene rings is 1. The van der Waals surface area contributed by atoms with E-state index in [2.05, 4.69) is 10.1 Å². The first-order valence-electron chi connectivity index (χ1n) is 5.82. The summed E-state index contributed by atoms with van der Waals surface area (Å²) in [6.07, 6.45) is 1.72. The van der Waals surface area contributed by atoms with Crippen molar-refractivity contribution in [3.05, 3.63) is 52.1 Å². The predicted molar refractivity (Wildman–Crippen MR) is 69.8 cm³/mol. The molecular formula is C13H12N4O2. The number of hydrogen-bond donors (Lipinski definition) is 1. The van der Waals surface area contributed by atoms with Crippen LogP contribution in [0, 0.1) is 13.8 Å². The van der Waals surface area contributed by atoms with Crippen LogP contribution in [0.25, 0.3) is 16.9 Å². The van der Waals surface area contributed by atoms with Crippen molar-refractivity contribution < 1.29 is 5.21 Å². The Morgan fingerprint density at radius 3 is 2.63 bits per heavy atom. The van der Waals surface area contributed by atoms with Gasteiger partial charge >= 0.3 is 0 Å². The molecule has 96 valence electrons. The minimum absolute atomic E-state index is 0.0832. The number of aryl methyl sites for hydroxylation is 2. The quantitative estimate of drug-likeness (QED) is 0.668. The van der Waals surface area contributed by atoms with Crippen molar-refractivity contribution in [1.29, 1.82) is 0 Å². The van der Waals surface area contributed by atoms with E-state index in [-0.39, 0.29) is 5.95 Å². The third kappa shape index (κ3) is 1.69. The summed E-state index contributed by atoms with van der Waals surface area (Å²) in [5, 5.41) is 14.5. The molecule has 0 aliphatic rings. The summed E-state index contributed by atoms with van der Waals surface area (Å²) in [4.78, 5) is 16.3. The van der Waals surface area contributed by atoms with Crippen LogP contribution in [0.15, 0.2) is 35.3 Å². The molecule has 3 rings (SSSR count). The van der Waals surface area contributed by atoms with Gasteiger partial charge < -0.3 is 5.21 Å². The van der Waals surface area contributed by atoms with Crippen LogP contribution in [0.2, 0.25) is 0 Å². The summed E-state index contributed by atoms with van der Waals surface area (Å²) in [7, 11) is 0. The third-order valence-corrected chi connectivity index (χ3v) is 3.09. The van der Waals surface area contributed by atoms with E-state index in [1.165, 1.54) is 4.68 Å². The highest BCUT2D eigenvalue weighted by atomic mass is 16.5. The first kappa shape index (κ1) is 11.5. The lowest BCUT2D eigenvalue weighted by Crippen LogP contribution is -2.24. The van der Waals surface area contributed by atoms with Gasteiger partial charge in [-0.15, -0.1) is 4.73 Å². The summed E-state index contributed by atoms with van der Waals surface area (Å²) >= 11 is 0. The van der Waals surface area contributed by atoms with E-state index < -0.39 is 5.56 Å². The lowest BCUT2D eigenvalue weighted by Gasteiger charge is -2.06. The average Bonchev–Trinajstić information content (AvgIpc) is 2.74. The van der Waals surface area contributed by atoms with Gasteiger partial charge in [0, 0.05) is 6.20 Å². The lowest BCUT2D eigenvalue weighted by molar-refractivity contribution is 0.170. The van der Waals surface area contributed by atoms with Crippen LogP contribution in [0.5, 0.6) is 0 Å². The first-order valence-corrected chi connectivity index (χ1v) is 5.82. The average molecular weight is 256 g/mol. The lowest BCUT2D eigenvalue weighted by atomic mass is 10.2. The van der Waals surface area contributed by atoms with Gasteiger partial charge in [0.25, 0.3) is 11.5 Å². The fraction of sp³-hybridized carbons (Fsp3) is 0.154. The zero-order valence-corrected chi connectivity index (χ0v) is 10.5. The van der Waals surface area contributed by atoms with Gasteiger partial charge in [0.15, 0.2) is 0 Å². The molecule has 0 amide bonds. The molecule has 2 aromatic heterocycles. The Morgan fingerprint density at radius 1 is 1.21 bits per heavy atom. The minimum Gasteiger partial charge on any atom is -0.422 e. The predicted octanol–water partition coefficient (Wildman–Crippen LogP) is 1.44. The number of nitrogens with zero attached hydrogens (tertiary/aromatic N) is 4. The Labute approximate surface area is 108 Å². The van der Waals surface area contributed by atoms with Crippen LogP contribution in [-0.2, 0) is 0 Å². The molecule has 0 spiro atoms. The number of rotatable bonds is 1. The molecule has 0 unspecified atom stereocenters. The smallest absolute Gasteiger partial charge is 0.295 e. The van der Waals surface area contributed by atoms with Gasteiger partial charge in [0.1, 0.15) is 0 Å². The van der Waals surface area contributed by atoms with Crippen molar-refractivity contribution in [3.63, 3.8) is 0 Å². The number of aromatic nitrogens is 4. The Hall–Kier alpha value is -2.63. The summed E-state index contributed by atoms with van der Waals surface area (Å²) < 4.78 is 1.92. The van der Waals surface area contributed by atoms with Crippen LogP contribution >= 0.6 is 0 Å². The molecule has 1 aromatic carbocycles. The topological polar surface area (TPSA) is 72.9 Å². The van der Waals surface area contributed by atoms with Crippen LogP contribution in [0.1, 0.15) is 11.3 Å². The monoisotopic (exact) mass is 256 g/mol. The first-order chi connectivity index (χ1) is 9.08. The second-order valence-corrected chi connectivity index (χ2v) is 4.39. The number of para-hydroxylation sites is 1. The largest absolute Gasteiger partial charge is 0.422 e. The molecule has 1 N–H and O–H groups in total. The van der Waals surface area contributed by atoms with Crippen molar-refractivity contribution in [3.8, 4) is 5.95 Å². The summed E-state index contributed by atoms with van der Waals surface area (Å²) in [5.74, 6) is 0.0832. The SMILES string of the molecule is Cc1cn(-c2nc3ccccc3c(=O)n2O)nc1C. The Kier molecular flexibility index (Phi) is 2.38. The number of hydrogen-bond acceptors (Lipinski definition) is 4. The molecule has 0 bridgehead atoms. The van der Waals surface area contributed by atoms with E-state index in [1.54, 1.807) is 30.5 Å². The second kappa shape index (κ2) is 3.94. The molecular weight excluding hydrogens is 244 g/mol. The minimum atomic E-state index is -0.508. The van der Waals surface area contributed by atoms with Gasteiger partial charge in [-0.05, 0) is 31.5 Å². The molecule has 19 heavy (non-hydrogen) atoms. The highest BCUT2D eigenvalue weighted by Crippen LogP contribution is 2.11. The third-order valence-electron chi connectivity index (χ3n) is 3.09. The van der Waals surface area contributed by atoms with Gasteiger partial charge in [0.2, 0.25) is 0 Å². The van der Waals surface area contributed by atoms with E-state index >= 15 is 0 Å². The standard InChI is InChI=1S/C13H12N4O2/c1-8-7-16(15-9(8)2)13-14-11-6-4-3-5-10(11)12(18)17(13)19/h3-7,19H,1-2H3. The van der Waals surface area contributed by atoms with E-state index in [9.17, 15) is 10.0 Å². The highest BCUT2D eigenvalue weighted by Gasteiger charge is 2.13. The maximum absolute atomic E-state index is 12.0. The molecule has 0 aliphatic heterocycles. The molecule has 0 saturated heterocycles. The second-order valence-electron chi connectivity index (χ2n) is 4.39. The summed E-state index contributed by atoms with van der Waals surface area (Å²) in [6.45, 7) is 3.76. The van der Waals surface area contributed by atoms with E-state index in [0.29, 0.717) is 15.6 Å². The maximum Gasteiger partial charge on any atom is 0.295 e. The zero-order valence-electron chi connectivity index (χ0n) is 10.5. The molecule has 6 nitrogen and oxygen atoms in total. The highest BCUT2D eigenvalue weighted by molar-refractivity contribution is 5.77. The van der Waals surface area contributed by atoms with Crippen molar-refractivity contribution in [2.45, 2.75) is 13.8 Å². The van der Waals surface area contributed by atoms with Crippen LogP contribution < -0.4 is 5.56 Å². The van der Waals surface area contributed by atoms with Gasteiger partial charge in [0.05, 0.1) is 16.6 Å². The van der Waals surface area contributed by atoms with Crippen molar-refractivity contribution in [2.24, 2.45) is 0 Å². The van der Waals surface area contributed by atoms with Gasteiger partial charge in [-0.2, -0.15) is 5.10 Å². The van der Waals surface area contributed by atoms with E-state index in [4.69, 9.17) is 0 Å². The molecule has 0 atom stereocenters. The normalized spacial score (nSPS) is 11.1. The van der Waals surface area contributed by atoms with Gasteiger partial charge in [-0.3, -0.25) is 4.79 Å². The van der Waals surface area contributed by atoms with Crippen molar-refractivity contribution >= 4 is 10.9 Å². The fourth-order valence-electron chi connectivity index (χ4n) is 1.91. The van der Waals surface area contributed by atoms with Crippen LogP contribution in [0.3, 0.4) is 0 Å².